The zero-order valence-electron chi connectivity index (χ0n) is 22.8. The Kier molecular flexibility index (Phi) is 9.55. The van der Waals surface area contributed by atoms with Crippen molar-refractivity contribution in [3.05, 3.63) is 59.3 Å². The minimum atomic E-state index is -4.51. The maximum Gasteiger partial charge on any atom is 0.416 e. The molecule has 2 heterocycles. The zero-order valence-corrected chi connectivity index (χ0v) is 22.8. The Morgan fingerprint density at radius 3 is 2.40 bits per heavy atom. The van der Waals surface area contributed by atoms with Crippen LogP contribution in [-0.2, 0) is 20.5 Å². The van der Waals surface area contributed by atoms with E-state index in [9.17, 15) is 27.6 Å². The van der Waals surface area contributed by atoms with Crippen molar-refractivity contribution in [2.24, 2.45) is 5.92 Å². The first-order valence-electron chi connectivity index (χ1n) is 13.9. The molecular formula is C29H37F3N4O4. The lowest BCUT2D eigenvalue weighted by molar-refractivity contribution is -0.139. The van der Waals surface area contributed by atoms with E-state index in [-0.39, 0.29) is 37.1 Å². The Balaban J connectivity index is 1.65. The number of ether oxygens (including phenoxy) is 1. The van der Waals surface area contributed by atoms with Gasteiger partial charge in [0, 0.05) is 50.9 Å². The number of rotatable bonds is 8. The van der Waals surface area contributed by atoms with Crippen LogP contribution in [0.1, 0.15) is 56.2 Å². The molecular weight excluding hydrogens is 525 g/mol. The highest BCUT2D eigenvalue weighted by Crippen LogP contribution is 2.35. The van der Waals surface area contributed by atoms with Gasteiger partial charge in [0.1, 0.15) is 0 Å². The second kappa shape index (κ2) is 12.9. The van der Waals surface area contributed by atoms with Crippen molar-refractivity contribution < 1.29 is 32.3 Å². The number of halogens is 3. The van der Waals surface area contributed by atoms with Crippen molar-refractivity contribution in [1.82, 2.24) is 20.0 Å². The highest BCUT2D eigenvalue weighted by atomic mass is 19.4. The lowest BCUT2D eigenvalue weighted by Crippen LogP contribution is -2.51. The standard InChI is InChI=1S/C29H37F3N4O4/c1-3-14-36-23(19-34-15-7-16-35(18-17-34)26(37)21-8-5-6-9-21)24(27(38)40-4-2)25(33-28(36)39)20-10-12-22(13-11-20)29(30,31)32/h3,10-13,21,25H,1,4-9,14-19H2,2H3,(H,33,39)/t25-/m0/s1. The van der Waals surface area contributed by atoms with Gasteiger partial charge in [-0.05, 0) is 43.9 Å². The summed E-state index contributed by atoms with van der Waals surface area (Å²) >= 11 is 0. The number of esters is 1. The van der Waals surface area contributed by atoms with Crippen LogP contribution in [0, 0.1) is 5.92 Å². The summed E-state index contributed by atoms with van der Waals surface area (Å²) < 4.78 is 44.9. The highest BCUT2D eigenvalue weighted by molar-refractivity contribution is 5.95. The Morgan fingerprint density at radius 1 is 1.07 bits per heavy atom. The number of nitrogens with one attached hydrogen (secondary N) is 1. The third-order valence-corrected chi connectivity index (χ3v) is 7.79. The van der Waals surface area contributed by atoms with Crippen LogP contribution in [0.5, 0.6) is 0 Å². The molecule has 1 aliphatic carbocycles. The van der Waals surface area contributed by atoms with Crippen molar-refractivity contribution in [2.75, 3.05) is 45.9 Å². The summed E-state index contributed by atoms with van der Waals surface area (Å²) in [5.41, 5.74) is 0.105. The molecule has 1 aromatic carbocycles. The van der Waals surface area contributed by atoms with Crippen LogP contribution in [0.2, 0.25) is 0 Å². The van der Waals surface area contributed by atoms with Gasteiger partial charge < -0.3 is 15.0 Å². The molecule has 3 amide bonds. The number of benzene rings is 1. The van der Waals surface area contributed by atoms with E-state index in [1.807, 2.05) is 4.90 Å². The molecule has 8 nitrogen and oxygen atoms in total. The second-order valence-electron chi connectivity index (χ2n) is 10.4. The fraction of sp³-hybridized carbons (Fsp3) is 0.552. The number of hydrogen-bond acceptors (Lipinski definition) is 5. The molecule has 1 aromatic rings. The van der Waals surface area contributed by atoms with Gasteiger partial charge in [-0.1, -0.05) is 31.1 Å². The smallest absolute Gasteiger partial charge is 0.416 e. The fourth-order valence-electron chi connectivity index (χ4n) is 5.75. The largest absolute Gasteiger partial charge is 0.463 e. The van der Waals surface area contributed by atoms with Crippen molar-refractivity contribution in [3.8, 4) is 0 Å². The molecule has 0 bridgehead atoms. The van der Waals surface area contributed by atoms with Crippen molar-refractivity contribution >= 4 is 17.9 Å². The molecule has 2 aliphatic heterocycles. The van der Waals surface area contributed by atoms with Crippen molar-refractivity contribution in [1.29, 1.82) is 0 Å². The maximum atomic E-state index is 13.3. The molecule has 3 aliphatic rings. The quantitative estimate of drug-likeness (QED) is 0.373. The fourth-order valence-corrected chi connectivity index (χ4v) is 5.75. The predicted octanol–water partition coefficient (Wildman–Crippen LogP) is 4.50. The van der Waals surface area contributed by atoms with Crippen molar-refractivity contribution in [2.45, 2.75) is 51.2 Å². The van der Waals surface area contributed by atoms with Gasteiger partial charge in [0.2, 0.25) is 5.91 Å². The van der Waals surface area contributed by atoms with Gasteiger partial charge in [-0.25, -0.2) is 9.59 Å². The summed E-state index contributed by atoms with van der Waals surface area (Å²) in [6, 6.07) is 2.94. The first-order chi connectivity index (χ1) is 19.1. The summed E-state index contributed by atoms with van der Waals surface area (Å²) in [6.07, 6.45) is 1.82. The second-order valence-corrected chi connectivity index (χ2v) is 10.4. The maximum absolute atomic E-state index is 13.3. The van der Waals surface area contributed by atoms with Gasteiger partial charge in [0.05, 0.1) is 23.8 Å². The van der Waals surface area contributed by atoms with Crippen LogP contribution in [0.4, 0.5) is 18.0 Å². The Morgan fingerprint density at radius 2 is 1.77 bits per heavy atom. The van der Waals surface area contributed by atoms with Crippen LogP contribution in [0.3, 0.4) is 0 Å². The molecule has 1 atom stereocenters. The van der Waals surface area contributed by atoms with E-state index in [4.69, 9.17) is 4.74 Å². The average Bonchev–Trinajstić information content (AvgIpc) is 3.36. The summed E-state index contributed by atoms with van der Waals surface area (Å²) in [5, 5.41) is 2.78. The minimum absolute atomic E-state index is 0.0900. The summed E-state index contributed by atoms with van der Waals surface area (Å²) in [5.74, 6) is -0.345. The molecule has 0 radical (unpaired) electrons. The molecule has 0 unspecified atom stereocenters. The highest BCUT2D eigenvalue weighted by Gasteiger charge is 2.39. The summed E-state index contributed by atoms with van der Waals surface area (Å²) in [4.78, 5) is 45.1. The molecule has 40 heavy (non-hydrogen) atoms. The first-order valence-corrected chi connectivity index (χ1v) is 13.9. The molecule has 4 rings (SSSR count). The lowest BCUT2D eigenvalue weighted by atomic mass is 9.93. The van der Waals surface area contributed by atoms with Crippen LogP contribution in [0.25, 0.3) is 0 Å². The molecule has 1 N–H and O–H groups in total. The van der Waals surface area contributed by atoms with Crippen molar-refractivity contribution in [3.63, 3.8) is 0 Å². The number of carbonyl (C=O) groups excluding carboxylic acids is 3. The van der Waals surface area contributed by atoms with Gasteiger partial charge in [0.25, 0.3) is 0 Å². The van der Waals surface area contributed by atoms with E-state index in [2.05, 4.69) is 16.8 Å². The average molecular weight is 563 g/mol. The lowest BCUT2D eigenvalue weighted by Gasteiger charge is -2.38. The minimum Gasteiger partial charge on any atom is -0.463 e. The van der Waals surface area contributed by atoms with E-state index in [0.717, 1.165) is 44.2 Å². The van der Waals surface area contributed by atoms with Gasteiger partial charge in [-0.15, -0.1) is 6.58 Å². The van der Waals surface area contributed by atoms with E-state index in [0.29, 0.717) is 37.4 Å². The number of nitrogens with zero attached hydrogens (tertiary/aromatic N) is 3. The third-order valence-electron chi connectivity index (χ3n) is 7.79. The van der Waals surface area contributed by atoms with Gasteiger partial charge in [-0.2, -0.15) is 13.2 Å². The van der Waals surface area contributed by atoms with E-state index in [1.54, 1.807) is 13.0 Å². The van der Waals surface area contributed by atoms with Crippen LogP contribution in [0.15, 0.2) is 48.2 Å². The zero-order chi connectivity index (χ0) is 28.9. The predicted molar refractivity (Wildman–Crippen MR) is 143 cm³/mol. The molecule has 1 saturated heterocycles. The van der Waals surface area contributed by atoms with Gasteiger partial charge in [0.15, 0.2) is 0 Å². The summed E-state index contributed by atoms with van der Waals surface area (Å²) in [7, 11) is 0. The number of urea groups is 1. The molecule has 0 aromatic heterocycles. The van der Waals surface area contributed by atoms with Crippen LogP contribution in [-0.4, -0.2) is 78.5 Å². The number of hydrogen-bond donors (Lipinski definition) is 1. The first kappa shape index (κ1) is 29.6. The monoisotopic (exact) mass is 562 g/mol. The van der Waals surface area contributed by atoms with Gasteiger partial charge >= 0.3 is 18.2 Å². The van der Waals surface area contributed by atoms with E-state index >= 15 is 0 Å². The van der Waals surface area contributed by atoms with E-state index in [1.165, 1.54) is 17.0 Å². The van der Waals surface area contributed by atoms with Gasteiger partial charge in [-0.3, -0.25) is 14.6 Å². The third kappa shape index (κ3) is 6.68. The number of alkyl halides is 3. The van der Waals surface area contributed by atoms with Crippen LogP contribution >= 0.6 is 0 Å². The number of amides is 3. The topological polar surface area (TPSA) is 82.2 Å². The molecule has 1 saturated carbocycles. The normalized spacial score (nSPS) is 21.3. The molecule has 0 spiro atoms. The molecule has 11 heteroatoms. The Labute approximate surface area is 232 Å². The Bertz CT molecular complexity index is 1130. The SMILES string of the molecule is C=CCN1C(=O)N[C@@H](c2ccc(C(F)(F)F)cc2)C(C(=O)OCC)=C1CN1CCCN(C(=O)C2CCCC2)CC1. The Hall–Kier alpha value is -3.34. The molecule has 2 fully saturated rings. The number of carbonyl (C=O) groups is 3. The van der Waals surface area contributed by atoms with E-state index < -0.39 is 29.8 Å². The summed E-state index contributed by atoms with van der Waals surface area (Å²) in [6.45, 7) is 8.28. The van der Waals surface area contributed by atoms with Crippen LogP contribution < -0.4 is 5.32 Å². The molecule has 218 valence electrons.